The number of hydrogen-bond donors (Lipinski definition) is 0. The van der Waals surface area contributed by atoms with Gasteiger partial charge in [0.25, 0.3) is 0 Å². The van der Waals surface area contributed by atoms with E-state index in [0.717, 1.165) is 28.8 Å². The van der Waals surface area contributed by atoms with Crippen LogP contribution in [0, 0.1) is 5.92 Å². The van der Waals surface area contributed by atoms with E-state index in [4.69, 9.17) is 4.74 Å². The van der Waals surface area contributed by atoms with Crippen LogP contribution in [-0.4, -0.2) is 52.0 Å². The van der Waals surface area contributed by atoms with Crippen molar-refractivity contribution in [1.29, 1.82) is 0 Å². The van der Waals surface area contributed by atoms with E-state index in [-0.39, 0.29) is 17.1 Å². The van der Waals surface area contributed by atoms with Gasteiger partial charge < -0.3 is 14.2 Å². The monoisotopic (exact) mass is 362 g/mol. The molecule has 1 aromatic heterocycles. The molecular weight excluding hydrogens is 336 g/mol. The summed E-state index contributed by atoms with van der Waals surface area (Å²) in [7, 11) is 5.21. The number of rotatable bonds is 7. The van der Waals surface area contributed by atoms with E-state index in [9.17, 15) is 4.79 Å². The Morgan fingerprint density at radius 1 is 1.24 bits per heavy atom. The van der Waals surface area contributed by atoms with E-state index in [1.807, 2.05) is 28.8 Å². The maximum Gasteiger partial charge on any atom is 0.235 e. The van der Waals surface area contributed by atoms with Crippen LogP contribution in [0.25, 0.3) is 11.4 Å². The largest absolute Gasteiger partial charge is 0.497 e. The molecule has 6 nitrogen and oxygen atoms in total. The molecule has 0 spiro atoms. The second-order valence-electron chi connectivity index (χ2n) is 6.29. The molecule has 2 aromatic rings. The number of methoxy groups -OCH3 is 1. The first-order chi connectivity index (χ1) is 11.9. The Morgan fingerprint density at radius 3 is 2.36 bits per heavy atom. The van der Waals surface area contributed by atoms with Gasteiger partial charge in [-0.15, -0.1) is 10.2 Å². The van der Waals surface area contributed by atoms with Crippen molar-refractivity contribution in [3.05, 3.63) is 24.3 Å². The lowest BCUT2D eigenvalue weighted by Gasteiger charge is -2.22. The predicted octanol–water partition coefficient (Wildman–Crippen LogP) is 3.18. The Bertz CT molecular complexity index is 710. The second kappa shape index (κ2) is 8.38. The summed E-state index contributed by atoms with van der Waals surface area (Å²) in [4.78, 5) is 14.1. The lowest BCUT2D eigenvalue weighted by Crippen LogP contribution is -2.35. The van der Waals surface area contributed by atoms with Crippen molar-refractivity contribution in [1.82, 2.24) is 19.7 Å². The molecule has 1 heterocycles. The van der Waals surface area contributed by atoms with Crippen molar-refractivity contribution >= 4 is 17.7 Å². The zero-order valence-electron chi connectivity index (χ0n) is 15.7. The molecule has 7 heteroatoms. The van der Waals surface area contributed by atoms with Crippen molar-refractivity contribution in [2.24, 2.45) is 5.92 Å². The average Bonchev–Trinajstić information content (AvgIpc) is 3.01. The standard InChI is InChI=1S/C18H26N4O2S/c1-7-22-16(13-8-10-14(24-6)11-9-13)19-20-18(22)25-15(12(2)3)17(23)21(4)5/h8-12,15H,7H2,1-6H3/t15-/m1/s1. The molecule has 1 atom stereocenters. The van der Waals surface area contributed by atoms with Gasteiger partial charge in [0.2, 0.25) is 5.91 Å². The van der Waals surface area contributed by atoms with E-state index >= 15 is 0 Å². The third kappa shape index (κ3) is 4.34. The van der Waals surface area contributed by atoms with Gasteiger partial charge in [0, 0.05) is 26.2 Å². The van der Waals surface area contributed by atoms with Gasteiger partial charge in [-0.05, 0) is 37.1 Å². The summed E-state index contributed by atoms with van der Waals surface area (Å²) in [6.45, 7) is 6.89. The topological polar surface area (TPSA) is 60.2 Å². The van der Waals surface area contributed by atoms with Gasteiger partial charge in [0.1, 0.15) is 5.75 Å². The van der Waals surface area contributed by atoms with Crippen molar-refractivity contribution in [3.8, 4) is 17.1 Å². The first-order valence-electron chi connectivity index (χ1n) is 8.34. The van der Waals surface area contributed by atoms with Crippen LogP contribution < -0.4 is 4.74 Å². The van der Waals surface area contributed by atoms with Crippen molar-refractivity contribution in [2.45, 2.75) is 37.7 Å². The van der Waals surface area contributed by atoms with E-state index in [1.54, 1.807) is 26.1 Å². The summed E-state index contributed by atoms with van der Waals surface area (Å²) in [6, 6.07) is 7.75. The van der Waals surface area contributed by atoms with Crippen LogP contribution in [-0.2, 0) is 11.3 Å². The first kappa shape index (κ1) is 19.3. The summed E-state index contributed by atoms with van der Waals surface area (Å²) in [6.07, 6.45) is 0. The van der Waals surface area contributed by atoms with E-state index < -0.39 is 0 Å². The number of ether oxygens (including phenoxy) is 1. The number of nitrogens with zero attached hydrogens (tertiary/aromatic N) is 4. The minimum atomic E-state index is -0.187. The third-order valence-corrected chi connectivity index (χ3v) is 5.42. The highest BCUT2D eigenvalue weighted by Gasteiger charge is 2.27. The molecule has 0 aliphatic rings. The van der Waals surface area contributed by atoms with Gasteiger partial charge in [-0.1, -0.05) is 25.6 Å². The van der Waals surface area contributed by atoms with Crippen LogP contribution in [0.15, 0.2) is 29.4 Å². The molecule has 0 aliphatic heterocycles. The second-order valence-corrected chi connectivity index (χ2v) is 7.40. The molecule has 25 heavy (non-hydrogen) atoms. The Balaban J connectivity index is 2.33. The number of thioether (sulfide) groups is 1. The van der Waals surface area contributed by atoms with Gasteiger partial charge in [0.05, 0.1) is 12.4 Å². The average molecular weight is 362 g/mol. The van der Waals surface area contributed by atoms with Gasteiger partial charge in [-0.25, -0.2) is 0 Å². The zero-order valence-corrected chi connectivity index (χ0v) is 16.5. The molecule has 0 radical (unpaired) electrons. The molecule has 1 amide bonds. The van der Waals surface area contributed by atoms with Gasteiger partial charge >= 0.3 is 0 Å². The van der Waals surface area contributed by atoms with Crippen molar-refractivity contribution in [2.75, 3.05) is 21.2 Å². The Labute approximate surface area is 153 Å². The predicted molar refractivity (Wildman–Crippen MR) is 101 cm³/mol. The molecule has 2 rings (SSSR count). The minimum absolute atomic E-state index is 0.0941. The Kier molecular flexibility index (Phi) is 6.47. The van der Waals surface area contributed by atoms with Crippen LogP contribution in [0.3, 0.4) is 0 Å². The molecule has 0 saturated carbocycles. The number of amides is 1. The number of carbonyl (C=O) groups excluding carboxylic acids is 1. The van der Waals surface area contributed by atoms with Crippen LogP contribution in [0.2, 0.25) is 0 Å². The van der Waals surface area contributed by atoms with Gasteiger partial charge in [-0.2, -0.15) is 0 Å². The normalized spacial score (nSPS) is 12.3. The highest BCUT2D eigenvalue weighted by molar-refractivity contribution is 8.00. The molecule has 0 fully saturated rings. The fraction of sp³-hybridized carbons (Fsp3) is 0.500. The fourth-order valence-electron chi connectivity index (χ4n) is 2.45. The molecule has 0 aliphatic carbocycles. The highest BCUT2D eigenvalue weighted by Crippen LogP contribution is 2.31. The van der Waals surface area contributed by atoms with Crippen LogP contribution in [0.1, 0.15) is 20.8 Å². The summed E-state index contributed by atoms with van der Waals surface area (Å²) in [5.74, 6) is 1.90. The number of aromatic nitrogens is 3. The van der Waals surface area contributed by atoms with Crippen molar-refractivity contribution in [3.63, 3.8) is 0 Å². The Hall–Kier alpha value is -2.02. The summed E-state index contributed by atoms with van der Waals surface area (Å²) in [5.41, 5.74) is 0.974. The quantitative estimate of drug-likeness (QED) is 0.708. The molecule has 0 saturated heterocycles. The maximum absolute atomic E-state index is 12.5. The highest BCUT2D eigenvalue weighted by atomic mass is 32.2. The summed E-state index contributed by atoms with van der Waals surface area (Å²) >= 11 is 1.48. The minimum Gasteiger partial charge on any atom is -0.497 e. The molecular formula is C18H26N4O2S. The van der Waals surface area contributed by atoms with Gasteiger partial charge in [0.15, 0.2) is 11.0 Å². The first-order valence-corrected chi connectivity index (χ1v) is 9.22. The molecule has 136 valence electrons. The Morgan fingerprint density at radius 2 is 1.88 bits per heavy atom. The lowest BCUT2D eigenvalue weighted by atomic mass is 10.1. The zero-order chi connectivity index (χ0) is 18.6. The fourth-order valence-corrected chi connectivity index (χ4v) is 3.70. The van der Waals surface area contributed by atoms with Crippen LogP contribution in [0.4, 0.5) is 0 Å². The maximum atomic E-state index is 12.5. The van der Waals surface area contributed by atoms with Crippen molar-refractivity contribution < 1.29 is 9.53 Å². The third-order valence-electron chi connectivity index (χ3n) is 3.90. The smallest absolute Gasteiger partial charge is 0.235 e. The van der Waals surface area contributed by atoms with E-state index in [1.165, 1.54) is 11.8 Å². The van der Waals surface area contributed by atoms with E-state index in [0.29, 0.717) is 0 Å². The van der Waals surface area contributed by atoms with Crippen LogP contribution >= 0.6 is 11.8 Å². The number of hydrogen-bond acceptors (Lipinski definition) is 5. The summed E-state index contributed by atoms with van der Waals surface area (Å²) < 4.78 is 7.25. The number of carbonyl (C=O) groups is 1. The molecule has 1 aromatic carbocycles. The molecule has 0 N–H and O–H groups in total. The van der Waals surface area contributed by atoms with Crippen LogP contribution in [0.5, 0.6) is 5.75 Å². The van der Waals surface area contributed by atoms with Gasteiger partial charge in [-0.3, -0.25) is 4.79 Å². The lowest BCUT2D eigenvalue weighted by molar-refractivity contribution is -0.128. The summed E-state index contributed by atoms with van der Waals surface area (Å²) in [5, 5.41) is 9.28. The SMILES string of the molecule is CCn1c(S[C@@H](C(=O)N(C)C)C(C)C)nnc1-c1ccc(OC)cc1. The molecule has 0 unspecified atom stereocenters. The van der Waals surface area contributed by atoms with E-state index in [2.05, 4.69) is 31.0 Å². The number of benzene rings is 1. The molecule has 0 bridgehead atoms.